The fraction of sp³-hybridized carbons (Fsp3) is 0.733. The molecular formula is C15H24N4O. The zero-order valence-electron chi connectivity index (χ0n) is 12.2. The first-order valence-corrected chi connectivity index (χ1v) is 7.82. The molecule has 1 aliphatic carbocycles. The second-order valence-corrected chi connectivity index (χ2v) is 5.90. The van der Waals surface area contributed by atoms with Gasteiger partial charge in [-0.05, 0) is 32.6 Å². The van der Waals surface area contributed by atoms with E-state index >= 15 is 0 Å². The number of nitrogens with one attached hydrogen (secondary N) is 2. The van der Waals surface area contributed by atoms with Crippen molar-refractivity contribution < 1.29 is 0 Å². The first kappa shape index (κ1) is 13.8. The van der Waals surface area contributed by atoms with E-state index in [1.807, 2.05) is 0 Å². The highest BCUT2D eigenvalue weighted by Crippen LogP contribution is 2.20. The monoisotopic (exact) mass is 276 g/mol. The summed E-state index contributed by atoms with van der Waals surface area (Å²) in [4.78, 5) is 22.5. The zero-order chi connectivity index (χ0) is 13.9. The van der Waals surface area contributed by atoms with Crippen LogP contribution in [0.4, 0.5) is 0 Å². The maximum atomic E-state index is 12.3. The number of nitrogens with zero attached hydrogens (tertiary/aromatic N) is 2. The first-order chi connectivity index (χ1) is 9.75. The van der Waals surface area contributed by atoms with Crippen molar-refractivity contribution in [2.75, 3.05) is 26.2 Å². The molecule has 3 rings (SSSR count). The molecule has 2 aliphatic rings. The molecule has 20 heavy (non-hydrogen) atoms. The van der Waals surface area contributed by atoms with Gasteiger partial charge in [0.1, 0.15) is 5.82 Å². The molecule has 0 spiro atoms. The van der Waals surface area contributed by atoms with Crippen LogP contribution in [0.1, 0.15) is 49.3 Å². The summed E-state index contributed by atoms with van der Waals surface area (Å²) in [5.74, 6) is 0.845. The maximum Gasteiger partial charge on any atom is 0.254 e. The maximum absolute atomic E-state index is 12.3. The number of hydrogen-bond acceptors (Lipinski definition) is 4. The van der Waals surface area contributed by atoms with E-state index in [4.69, 9.17) is 4.98 Å². The van der Waals surface area contributed by atoms with Gasteiger partial charge in [-0.3, -0.25) is 9.69 Å². The average Bonchev–Trinajstić information content (AvgIpc) is 2.73. The van der Waals surface area contributed by atoms with Crippen LogP contribution in [-0.4, -0.2) is 41.0 Å². The van der Waals surface area contributed by atoms with E-state index in [-0.39, 0.29) is 11.6 Å². The number of fused-ring (bicyclic) bond motifs is 1. The van der Waals surface area contributed by atoms with Gasteiger partial charge in [0.15, 0.2) is 0 Å². The Balaban J connectivity index is 1.88. The van der Waals surface area contributed by atoms with Crippen molar-refractivity contribution >= 4 is 0 Å². The molecule has 0 aromatic carbocycles. The van der Waals surface area contributed by atoms with E-state index in [9.17, 15) is 4.79 Å². The van der Waals surface area contributed by atoms with Crippen LogP contribution in [0.3, 0.4) is 0 Å². The van der Waals surface area contributed by atoms with Crippen molar-refractivity contribution in [3.05, 3.63) is 27.4 Å². The van der Waals surface area contributed by atoms with Gasteiger partial charge in [0.2, 0.25) is 0 Å². The number of hydrogen-bond donors (Lipinski definition) is 2. The topological polar surface area (TPSA) is 61.0 Å². The lowest BCUT2D eigenvalue weighted by Gasteiger charge is -2.32. The highest BCUT2D eigenvalue weighted by molar-refractivity contribution is 5.20. The van der Waals surface area contributed by atoms with Crippen LogP contribution in [0.2, 0.25) is 0 Å². The summed E-state index contributed by atoms with van der Waals surface area (Å²) in [7, 11) is 0. The van der Waals surface area contributed by atoms with Crippen LogP contribution in [0.15, 0.2) is 4.79 Å². The SMILES string of the molecule is CC(c1nc2c(c(=O)[nH]1)CCCCC2)N1CCNCC1. The number of aryl methyl sites for hydroxylation is 1. The highest BCUT2D eigenvalue weighted by atomic mass is 16.1. The van der Waals surface area contributed by atoms with E-state index in [0.717, 1.165) is 68.9 Å². The molecule has 0 radical (unpaired) electrons. The van der Waals surface area contributed by atoms with Crippen molar-refractivity contribution in [1.29, 1.82) is 0 Å². The Labute approximate surface area is 119 Å². The van der Waals surface area contributed by atoms with Gasteiger partial charge >= 0.3 is 0 Å². The van der Waals surface area contributed by atoms with Gasteiger partial charge in [-0.1, -0.05) is 6.42 Å². The molecule has 2 heterocycles. The van der Waals surface area contributed by atoms with E-state index in [2.05, 4.69) is 22.1 Å². The number of aromatic amines is 1. The lowest BCUT2D eigenvalue weighted by atomic mass is 10.1. The van der Waals surface area contributed by atoms with Crippen LogP contribution in [0.25, 0.3) is 0 Å². The van der Waals surface area contributed by atoms with Gasteiger partial charge < -0.3 is 10.3 Å². The Bertz CT molecular complexity index is 519. The third-order valence-corrected chi connectivity index (χ3v) is 4.55. The predicted octanol–water partition coefficient (Wildman–Crippen LogP) is 1.00. The van der Waals surface area contributed by atoms with Crippen molar-refractivity contribution in [2.45, 2.75) is 45.1 Å². The largest absolute Gasteiger partial charge is 0.314 e. The minimum atomic E-state index is 0.0916. The molecule has 1 aliphatic heterocycles. The summed E-state index contributed by atoms with van der Waals surface area (Å²) in [5.41, 5.74) is 2.07. The van der Waals surface area contributed by atoms with Crippen LogP contribution >= 0.6 is 0 Å². The van der Waals surface area contributed by atoms with Crippen LogP contribution in [0.5, 0.6) is 0 Å². The fourth-order valence-corrected chi connectivity index (χ4v) is 3.24. The Hall–Kier alpha value is -1.20. The molecule has 1 fully saturated rings. The Kier molecular flexibility index (Phi) is 4.17. The van der Waals surface area contributed by atoms with E-state index < -0.39 is 0 Å². The number of aromatic nitrogens is 2. The predicted molar refractivity (Wildman–Crippen MR) is 79.0 cm³/mol. The zero-order valence-corrected chi connectivity index (χ0v) is 12.2. The summed E-state index contributed by atoms with van der Waals surface area (Å²) in [6, 6.07) is 0.193. The molecule has 5 nitrogen and oxygen atoms in total. The van der Waals surface area contributed by atoms with Gasteiger partial charge in [-0.15, -0.1) is 0 Å². The molecule has 5 heteroatoms. The van der Waals surface area contributed by atoms with Crippen molar-refractivity contribution in [1.82, 2.24) is 20.2 Å². The molecule has 110 valence electrons. The standard InChI is InChI=1S/C15H24N4O/c1-11(19-9-7-16-8-10-19)14-17-13-6-4-2-3-5-12(13)15(20)18-14/h11,16H,2-10H2,1H3,(H,17,18,20). The highest BCUT2D eigenvalue weighted by Gasteiger charge is 2.22. The summed E-state index contributed by atoms with van der Waals surface area (Å²) in [6.45, 7) is 6.20. The minimum Gasteiger partial charge on any atom is -0.314 e. The lowest BCUT2D eigenvalue weighted by molar-refractivity contribution is 0.178. The molecule has 2 N–H and O–H groups in total. The van der Waals surface area contributed by atoms with Crippen LogP contribution in [0, 0.1) is 0 Å². The summed E-state index contributed by atoms with van der Waals surface area (Å²) in [5, 5.41) is 3.36. The average molecular weight is 276 g/mol. The molecule has 0 saturated carbocycles. The third-order valence-electron chi connectivity index (χ3n) is 4.55. The Morgan fingerprint density at radius 2 is 1.90 bits per heavy atom. The van der Waals surface area contributed by atoms with E-state index in [1.165, 1.54) is 6.42 Å². The van der Waals surface area contributed by atoms with E-state index in [0.29, 0.717) is 0 Å². The Morgan fingerprint density at radius 1 is 1.15 bits per heavy atom. The second-order valence-electron chi connectivity index (χ2n) is 5.90. The van der Waals surface area contributed by atoms with Gasteiger partial charge in [-0.2, -0.15) is 0 Å². The molecule has 1 saturated heterocycles. The number of rotatable bonds is 2. The van der Waals surface area contributed by atoms with Gasteiger partial charge in [0, 0.05) is 31.7 Å². The molecule has 1 aromatic heterocycles. The smallest absolute Gasteiger partial charge is 0.254 e. The molecule has 0 bridgehead atoms. The third kappa shape index (κ3) is 2.79. The summed E-state index contributed by atoms with van der Waals surface area (Å²) in [6.07, 6.45) is 5.33. The fourth-order valence-electron chi connectivity index (χ4n) is 3.24. The minimum absolute atomic E-state index is 0.0916. The number of H-pyrrole nitrogens is 1. The van der Waals surface area contributed by atoms with E-state index in [1.54, 1.807) is 0 Å². The lowest BCUT2D eigenvalue weighted by Crippen LogP contribution is -2.45. The van der Waals surface area contributed by atoms with Crippen molar-refractivity contribution in [3.8, 4) is 0 Å². The van der Waals surface area contributed by atoms with Gasteiger partial charge in [0.25, 0.3) is 5.56 Å². The van der Waals surface area contributed by atoms with Gasteiger partial charge in [-0.25, -0.2) is 4.98 Å². The second kappa shape index (κ2) is 6.06. The molecule has 1 aromatic rings. The van der Waals surface area contributed by atoms with Crippen molar-refractivity contribution in [3.63, 3.8) is 0 Å². The molecular weight excluding hydrogens is 252 g/mol. The molecule has 0 amide bonds. The molecule has 1 unspecified atom stereocenters. The van der Waals surface area contributed by atoms with Crippen LogP contribution in [-0.2, 0) is 12.8 Å². The first-order valence-electron chi connectivity index (χ1n) is 7.82. The quantitative estimate of drug-likeness (QED) is 0.791. The summed E-state index contributed by atoms with van der Waals surface area (Å²) < 4.78 is 0. The van der Waals surface area contributed by atoms with Crippen LogP contribution < -0.4 is 10.9 Å². The summed E-state index contributed by atoms with van der Waals surface area (Å²) >= 11 is 0. The van der Waals surface area contributed by atoms with Gasteiger partial charge in [0.05, 0.1) is 11.7 Å². The normalized spacial score (nSPS) is 22.1. The Morgan fingerprint density at radius 3 is 2.70 bits per heavy atom. The molecule has 1 atom stereocenters. The van der Waals surface area contributed by atoms with Crippen molar-refractivity contribution in [2.24, 2.45) is 0 Å². The number of piperazine rings is 1.